The summed E-state index contributed by atoms with van der Waals surface area (Å²) >= 11 is 0. The number of carbonyl (C=O) groups is 2. The second-order valence-corrected chi connectivity index (χ2v) is 3.97. The highest BCUT2D eigenvalue weighted by Gasteiger charge is 2.29. The van der Waals surface area contributed by atoms with E-state index in [1.807, 2.05) is 0 Å². The van der Waals surface area contributed by atoms with Crippen molar-refractivity contribution in [2.24, 2.45) is 5.92 Å². The quantitative estimate of drug-likeness (QED) is 0.709. The fourth-order valence-electron chi connectivity index (χ4n) is 1.97. The predicted molar refractivity (Wildman–Crippen MR) is 57.1 cm³/mol. The van der Waals surface area contributed by atoms with Crippen LogP contribution >= 0.6 is 0 Å². The number of hydrogen-bond acceptors (Lipinski definition) is 5. The Balaban J connectivity index is 1.91. The van der Waals surface area contributed by atoms with Crippen molar-refractivity contribution in [1.82, 2.24) is 10.1 Å². The molecule has 2 heterocycles. The Morgan fingerprint density at radius 1 is 1.47 bits per heavy atom. The van der Waals surface area contributed by atoms with E-state index in [9.17, 15) is 9.59 Å². The monoisotopic (exact) mass is 238 g/mol. The minimum Gasteiger partial charge on any atom is -0.469 e. The van der Waals surface area contributed by atoms with E-state index in [0.717, 1.165) is 0 Å². The van der Waals surface area contributed by atoms with Gasteiger partial charge >= 0.3 is 5.97 Å². The molecule has 0 radical (unpaired) electrons. The van der Waals surface area contributed by atoms with E-state index in [0.29, 0.717) is 31.6 Å². The molecule has 0 bridgehead atoms. The molecule has 1 aromatic heterocycles. The van der Waals surface area contributed by atoms with Crippen molar-refractivity contribution >= 4 is 11.9 Å². The smallest absolute Gasteiger partial charge is 0.308 e. The van der Waals surface area contributed by atoms with E-state index in [2.05, 4.69) is 14.4 Å². The van der Waals surface area contributed by atoms with Gasteiger partial charge in [-0.1, -0.05) is 5.16 Å². The third kappa shape index (κ3) is 2.46. The molecular formula is C11H14N2O4. The number of piperidine rings is 1. The van der Waals surface area contributed by atoms with Gasteiger partial charge in [0.25, 0.3) is 5.91 Å². The first-order valence-corrected chi connectivity index (χ1v) is 5.50. The summed E-state index contributed by atoms with van der Waals surface area (Å²) in [7, 11) is 1.38. The lowest BCUT2D eigenvalue weighted by Crippen LogP contribution is -2.40. The SMILES string of the molecule is COC(=O)C1CCN(C(=O)c2ccon2)CC1. The van der Waals surface area contributed by atoms with Crippen LogP contribution in [0.3, 0.4) is 0 Å². The number of nitrogens with zero attached hydrogens (tertiary/aromatic N) is 2. The van der Waals surface area contributed by atoms with Gasteiger partial charge in [0.05, 0.1) is 13.0 Å². The number of amides is 1. The van der Waals surface area contributed by atoms with Crippen LogP contribution in [-0.2, 0) is 9.53 Å². The molecule has 17 heavy (non-hydrogen) atoms. The lowest BCUT2D eigenvalue weighted by atomic mass is 9.97. The van der Waals surface area contributed by atoms with E-state index in [1.165, 1.54) is 19.4 Å². The zero-order valence-corrected chi connectivity index (χ0v) is 9.59. The number of rotatable bonds is 2. The van der Waals surface area contributed by atoms with Crippen LogP contribution in [-0.4, -0.2) is 42.1 Å². The zero-order valence-electron chi connectivity index (χ0n) is 9.59. The van der Waals surface area contributed by atoms with Crippen molar-refractivity contribution in [1.29, 1.82) is 0 Å². The molecule has 6 heteroatoms. The first-order chi connectivity index (χ1) is 8.22. The topological polar surface area (TPSA) is 72.6 Å². The number of aromatic nitrogens is 1. The summed E-state index contributed by atoms with van der Waals surface area (Å²) < 4.78 is 9.32. The number of likely N-dealkylation sites (tertiary alicyclic amines) is 1. The maximum atomic E-state index is 11.9. The van der Waals surface area contributed by atoms with Crippen LogP contribution in [0.4, 0.5) is 0 Å². The van der Waals surface area contributed by atoms with E-state index in [4.69, 9.17) is 0 Å². The lowest BCUT2D eigenvalue weighted by molar-refractivity contribution is -0.146. The highest BCUT2D eigenvalue weighted by molar-refractivity contribution is 5.92. The van der Waals surface area contributed by atoms with Crippen LogP contribution in [0.25, 0.3) is 0 Å². The Morgan fingerprint density at radius 2 is 2.18 bits per heavy atom. The van der Waals surface area contributed by atoms with Gasteiger partial charge in [-0.25, -0.2) is 0 Å². The molecule has 0 saturated carbocycles. The van der Waals surface area contributed by atoms with Crippen molar-refractivity contribution in [2.75, 3.05) is 20.2 Å². The second-order valence-electron chi connectivity index (χ2n) is 3.97. The first kappa shape index (κ1) is 11.6. The lowest BCUT2D eigenvalue weighted by Gasteiger charge is -2.29. The van der Waals surface area contributed by atoms with Gasteiger partial charge in [0, 0.05) is 19.2 Å². The minimum atomic E-state index is -0.196. The highest BCUT2D eigenvalue weighted by Crippen LogP contribution is 2.19. The van der Waals surface area contributed by atoms with Crippen LogP contribution < -0.4 is 0 Å². The number of esters is 1. The molecule has 6 nitrogen and oxygen atoms in total. The van der Waals surface area contributed by atoms with Gasteiger partial charge in [-0.15, -0.1) is 0 Å². The van der Waals surface area contributed by atoms with E-state index < -0.39 is 0 Å². The summed E-state index contributed by atoms with van der Waals surface area (Å²) in [5.74, 6) is -0.443. The van der Waals surface area contributed by atoms with Gasteiger partial charge in [-0.3, -0.25) is 9.59 Å². The molecule has 2 rings (SSSR count). The zero-order chi connectivity index (χ0) is 12.3. The fraction of sp³-hybridized carbons (Fsp3) is 0.545. The van der Waals surface area contributed by atoms with Crippen molar-refractivity contribution in [3.05, 3.63) is 18.0 Å². The Labute approximate surface area is 98.5 Å². The molecule has 0 N–H and O–H groups in total. The number of ether oxygens (including phenoxy) is 1. The molecule has 0 atom stereocenters. The van der Waals surface area contributed by atoms with Crippen molar-refractivity contribution in [2.45, 2.75) is 12.8 Å². The van der Waals surface area contributed by atoms with Gasteiger partial charge in [0.1, 0.15) is 6.26 Å². The third-order valence-electron chi connectivity index (χ3n) is 2.97. The molecule has 1 aromatic rings. The Hall–Kier alpha value is -1.85. The van der Waals surface area contributed by atoms with E-state index in [-0.39, 0.29) is 17.8 Å². The molecule has 1 saturated heterocycles. The molecule has 0 aliphatic carbocycles. The van der Waals surface area contributed by atoms with E-state index >= 15 is 0 Å². The van der Waals surface area contributed by atoms with Gasteiger partial charge in [0.15, 0.2) is 5.69 Å². The normalized spacial score (nSPS) is 16.9. The summed E-state index contributed by atoms with van der Waals surface area (Å²) in [5, 5.41) is 3.60. The molecule has 1 fully saturated rings. The average Bonchev–Trinajstić information content (AvgIpc) is 2.91. The number of methoxy groups -OCH3 is 1. The largest absolute Gasteiger partial charge is 0.469 e. The number of carbonyl (C=O) groups excluding carboxylic acids is 2. The summed E-state index contributed by atoms with van der Waals surface area (Å²) in [4.78, 5) is 24.9. The van der Waals surface area contributed by atoms with E-state index in [1.54, 1.807) is 4.90 Å². The fourth-order valence-corrected chi connectivity index (χ4v) is 1.97. The average molecular weight is 238 g/mol. The van der Waals surface area contributed by atoms with Gasteiger partial charge in [0.2, 0.25) is 0 Å². The summed E-state index contributed by atoms with van der Waals surface area (Å²) in [6.45, 7) is 1.09. The Morgan fingerprint density at radius 3 is 2.71 bits per heavy atom. The maximum absolute atomic E-state index is 11.9. The molecule has 1 aliphatic rings. The summed E-state index contributed by atoms with van der Waals surface area (Å²) in [5.41, 5.74) is 0.307. The van der Waals surface area contributed by atoms with Gasteiger partial charge in [-0.2, -0.15) is 0 Å². The predicted octanol–water partition coefficient (Wildman–Crippen LogP) is 0.700. The first-order valence-electron chi connectivity index (χ1n) is 5.50. The molecule has 92 valence electrons. The second kappa shape index (κ2) is 4.99. The van der Waals surface area contributed by atoms with Crippen molar-refractivity contribution in [3.8, 4) is 0 Å². The molecule has 0 unspecified atom stereocenters. The maximum Gasteiger partial charge on any atom is 0.308 e. The number of hydrogen-bond donors (Lipinski definition) is 0. The molecular weight excluding hydrogens is 224 g/mol. The van der Waals surface area contributed by atoms with Crippen LogP contribution in [0.2, 0.25) is 0 Å². The highest BCUT2D eigenvalue weighted by atomic mass is 16.5. The van der Waals surface area contributed by atoms with Gasteiger partial charge < -0.3 is 14.2 Å². The standard InChI is InChI=1S/C11H14N2O4/c1-16-11(15)8-2-5-13(6-3-8)10(14)9-4-7-17-12-9/h4,7-8H,2-3,5-6H2,1H3. The third-order valence-corrected chi connectivity index (χ3v) is 2.97. The summed E-state index contributed by atoms with van der Waals surface area (Å²) in [6, 6.07) is 1.54. The Kier molecular flexibility index (Phi) is 3.41. The van der Waals surface area contributed by atoms with Crippen LogP contribution in [0, 0.1) is 5.92 Å². The van der Waals surface area contributed by atoms with Crippen LogP contribution in [0.5, 0.6) is 0 Å². The molecule has 0 spiro atoms. The molecule has 1 amide bonds. The van der Waals surface area contributed by atoms with Crippen LogP contribution in [0.15, 0.2) is 16.9 Å². The van der Waals surface area contributed by atoms with Crippen molar-refractivity contribution < 1.29 is 18.8 Å². The Bertz CT molecular complexity index is 394. The van der Waals surface area contributed by atoms with Crippen LogP contribution in [0.1, 0.15) is 23.3 Å². The minimum absolute atomic E-state index is 0.0960. The molecule has 1 aliphatic heterocycles. The summed E-state index contributed by atoms with van der Waals surface area (Å²) in [6.07, 6.45) is 2.64. The van der Waals surface area contributed by atoms with Gasteiger partial charge in [-0.05, 0) is 12.8 Å². The van der Waals surface area contributed by atoms with Crippen molar-refractivity contribution in [3.63, 3.8) is 0 Å². The molecule has 0 aromatic carbocycles.